The van der Waals surface area contributed by atoms with Gasteiger partial charge in [-0.3, -0.25) is 4.79 Å². The molecule has 1 aromatic carbocycles. The zero-order valence-electron chi connectivity index (χ0n) is 9.83. The number of rotatable bonds is 6. The van der Waals surface area contributed by atoms with Crippen molar-refractivity contribution in [2.75, 3.05) is 6.54 Å². The van der Waals surface area contributed by atoms with Gasteiger partial charge in [-0.25, -0.2) is 0 Å². The van der Waals surface area contributed by atoms with Crippen LogP contribution in [0.5, 0.6) is 0 Å². The summed E-state index contributed by atoms with van der Waals surface area (Å²) in [5, 5.41) is 10.1. The SMILES string of the molecule is N#CCNC(=O)C(F)(F)CCCc1ccccc1. The number of halogens is 2. The molecule has 0 aliphatic rings. The fourth-order valence-electron chi connectivity index (χ4n) is 1.52. The number of nitrogens with one attached hydrogen (secondary N) is 1. The second-order valence-electron chi connectivity index (χ2n) is 3.88. The molecule has 0 radical (unpaired) electrons. The number of aryl methyl sites for hydroxylation is 1. The molecular formula is C13H14F2N2O. The normalized spacial score (nSPS) is 10.7. The summed E-state index contributed by atoms with van der Waals surface area (Å²) in [5.74, 6) is -4.79. The minimum absolute atomic E-state index is 0.219. The van der Waals surface area contributed by atoms with Crippen LogP contribution in [-0.2, 0) is 11.2 Å². The molecule has 1 aromatic rings. The van der Waals surface area contributed by atoms with Gasteiger partial charge in [0.25, 0.3) is 5.91 Å². The maximum atomic E-state index is 13.3. The second kappa shape index (κ2) is 6.70. The Morgan fingerprint density at radius 1 is 1.33 bits per heavy atom. The molecule has 0 unspecified atom stereocenters. The Hall–Kier alpha value is -1.96. The predicted molar refractivity (Wildman–Crippen MR) is 62.9 cm³/mol. The number of benzene rings is 1. The average Bonchev–Trinajstić information content (AvgIpc) is 2.37. The standard InChI is InChI=1S/C13H14F2N2O/c14-13(15,12(18)17-10-9-16)8-4-7-11-5-2-1-3-6-11/h1-3,5-6H,4,7-8,10H2,(H,17,18). The molecule has 96 valence electrons. The zero-order valence-corrected chi connectivity index (χ0v) is 9.83. The molecule has 0 saturated heterocycles. The molecule has 1 N–H and O–H groups in total. The second-order valence-corrected chi connectivity index (χ2v) is 3.88. The number of carbonyl (C=O) groups is 1. The molecule has 0 aromatic heterocycles. The molecule has 0 spiro atoms. The van der Waals surface area contributed by atoms with Crippen LogP contribution in [0.25, 0.3) is 0 Å². The first-order valence-electron chi connectivity index (χ1n) is 5.63. The molecule has 3 nitrogen and oxygen atoms in total. The van der Waals surface area contributed by atoms with Gasteiger partial charge < -0.3 is 5.32 Å². The smallest absolute Gasteiger partial charge is 0.324 e. The maximum Gasteiger partial charge on any atom is 0.324 e. The maximum absolute atomic E-state index is 13.3. The van der Waals surface area contributed by atoms with Gasteiger partial charge in [0.15, 0.2) is 0 Å². The molecule has 1 rings (SSSR count). The Balaban J connectivity index is 2.37. The zero-order chi connectivity index (χ0) is 13.4. The van der Waals surface area contributed by atoms with Gasteiger partial charge in [-0.05, 0) is 18.4 Å². The summed E-state index contributed by atoms with van der Waals surface area (Å²) in [6.07, 6.45) is 0.206. The number of nitrogens with zero attached hydrogens (tertiary/aromatic N) is 1. The number of carbonyl (C=O) groups excluding carboxylic acids is 1. The molecule has 0 atom stereocenters. The first-order chi connectivity index (χ1) is 8.56. The molecule has 0 bridgehead atoms. The van der Waals surface area contributed by atoms with Gasteiger partial charge in [0.05, 0.1) is 6.07 Å². The van der Waals surface area contributed by atoms with Gasteiger partial charge in [0.1, 0.15) is 6.54 Å². The molecule has 5 heteroatoms. The van der Waals surface area contributed by atoms with Crippen LogP contribution in [0.15, 0.2) is 30.3 Å². The highest BCUT2D eigenvalue weighted by atomic mass is 19.3. The lowest BCUT2D eigenvalue weighted by atomic mass is 10.1. The minimum atomic E-state index is -3.41. The summed E-state index contributed by atoms with van der Waals surface area (Å²) in [4.78, 5) is 11.1. The molecule has 18 heavy (non-hydrogen) atoms. The van der Waals surface area contributed by atoms with Crippen LogP contribution in [0.3, 0.4) is 0 Å². The molecule has 0 aliphatic heterocycles. The number of nitriles is 1. The highest BCUT2D eigenvalue weighted by Crippen LogP contribution is 2.21. The minimum Gasteiger partial charge on any atom is -0.338 e. The van der Waals surface area contributed by atoms with Crippen LogP contribution in [-0.4, -0.2) is 18.4 Å². The monoisotopic (exact) mass is 252 g/mol. The fraction of sp³-hybridized carbons (Fsp3) is 0.385. The van der Waals surface area contributed by atoms with E-state index in [9.17, 15) is 13.6 Å². The van der Waals surface area contributed by atoms with Gasteiger partial charge in [-0.2, -0.15) is 14.0 Å². The molecule has 0 aliphatic carbocycles. The van der Waals surface area contributed by atoms with Crippen LogP contribution >= 0.6 is 0 Å². The summed E-state index contributed by atoms with van der Waals surface area (Å²) in [7, 11) is 0. The van der Waals surface area contributed by atoms with E-state index >= 15 is 0 Å². The highest BCUT2D eigenvalue weighted by molar-refractivity contribution is 5.83. The van der Waals surface area contributed by atoms with E-state index in [1.807, 2.05) is 35.6 Å². The fourth-order valence-corrected chi connectivity index (χ4v) is 1.52. The average molecular weight is 252 g/mol. The summed E-state index contributed by atoms with van der Waals surface area (Å²) >= 11 is 0. The summed E-state index contributed by atoms with van der Waals surface area (Å²) < 4.78 is 26.6. The largest absolute Gasteiger partial charge is 0.338 e. The van der Waals surface area contributed by atoms with Crippen molar-refractivity contribution in [2.45, 2.75) is 25.2 Å². The van der Waals surface area contributed by atoms with E-state index in [2.05, 4.69) is 0 Å². The summed E-state index contributed by atoms with van der Waals surface area (Å²) in [5.41, 5.74) is 0.964. The predicted octanol–water partition coefficient (Wildman–Crippen LogP) is 2.28. The van der Waals surface area contributed by atoms with E-state index in [4.69, 9.17) is 5.26 Å². The number of alkyl halides is 2. The van der Waals surface area contributed by atoms with Crippen molar-refractivity contribution in [3.63, 3.8) is 0 Å². The molecule has 0 fully saturated rings. The number of hydrogen-bond acceptors (Lipinski definition) is 2. The third-order valence-corrected chi connectivity index (χ3v) is 2.46. The van der Waals surface area contributed by atoms with Crippen LogP contribution in [0.2, 0.25) is 0 Å². The van der Waals surface area contributed by atoms with Crippen molar-refractivity contribution in [2.24, 2.45) is 0 Å². The van der Waals surface area contributed by atoms with Crippen LogP contribution < -0.4 is 5.32 Å². The van der Waals surface area contributed by atoms with Gasteiger partial charge in [-0.1, -0.05) is 30.3 Å². The lowest BCUT2D eigenvalue weighted by Gasteiger charge is -2.14. The molecular weight excluding hydrogens is 238 g/mol. The quantitative estimate of drug-likeness (QED) is 0.790. The van der Waals surface area contributed by atoms with Gasteiger partial charge in [-0.15, -0.1) is 0 Å². The van der Waals surface area contributed by atoms with Crippen molar-refractivity contribution in [1.29, 1.82) is 5.26 Å². The molecule has 0 heterocycles. The molecule has 1 amide bonds. The highest BCUT2D eigenvalue weighted by Gasteiger charge is 2.37. The van der Waals surface area contributed by atoms with Crippen molar-refractivity contribution >= 4 is 5.91 Å². The van der Waals surface area contributed by atoms with Gasteiger partial charge in [0, 0.05) is 6.42 Å². The first kappa shape index (κ1) is 14.1. The third kappa shape index (κ3) is 4.50. The van der Waals surface area contributed by atoms with Crippen molar-refractivity contribution < 1.29 is 13.6 Å². The van der Waals surface area contributed by atoms with Crippen molar-refractivity contribution in [3.05, 3.63) is 35.9 Å². The van der Waals surface area contributed by atoms with E-state index in [0.717, 1.165) is 5.56 Å². The number of hydrogen-bond donors (Lipinski definition) is 1. The van der Waals surface area contributed by atoms with E-state index in [-0.39, 0.29) is 6.42 Å². The Labute approximate surface area is 104 Å². The Bertz CT molecular complexity index is 426. The van der Waals surface area contributed by atoms with E-state index in [1.54, 1.807) is 6.07 Å². The van der Waals surface area contributed by atoms with E-state index in [0.29, 0.717) is 6.42 Å². The first-order valence-corrected chi connectivity index (χ1v) is 5.63. The van der Waals surface area contributed by atoms with Gasteiger partial charge >= 0.3 is 5.92 Å². The summed E-state index contributed by atoms with van der Waals surface area (Å²) in [6.45, 7) is -0.396. The summed E-state index contributed by atoms with van der Waals surface area (Å²) in [6, 6.07) is 10.8. The van der Waals surface area contributed by atoms with Gasteiger partial charge in [0.2, 0.25) is 0 Å². The Morgan fingerprint density at radius 2 is 2.00 bits per heavy atom. The van der Waals surface area contributed by atoms with Crippen LogP contribution in [0, 0.1) is 11.3 Å². The van der Waals surface area contributed by atoms with E-state index in [1.165, 1.54) is 0 Å². The van der Waals surface area contributed by atoms with Crippen molar-refractivity contribution in [1.82, 2.24) is 5.32 Å². The van der Waals surface area contributed by atoms with Crippen molar-refractivity contribution in [3.8, 4) is 6.07 Å². The Morgan fingerprint density at radius 3 is 2.61 bits per heavy atom. The van der Waals surface area contributed by atoms with E-state index < -0.39 is 24.8 Å². The topological polar surface area (TPSA) is 52.9 Å². The third-order valence-electron chi connectivity index (χ3n) is 2.46. The Kier molecular flexibility index (Phi) is 5.25. The lowest BCUT2D eigenvalue weighted by Crippen LogP contribution is -2.40. The lowest BCUT2D eigenvalue weighted by molar-refractivity contribution is -0.146. The number of amides is 1. The molecule has 0 saturated carbocycles. The van der Waals surface area contributed by atoms with Crippen LogP contribution in [0.1, 0.15) is 18.4 Å². The van der Waals surface area contributed by atoms with Crippen LogP contribution in [0.4, 0.5) is 8.78 Å².